The van der Waals surface area contributed by atoms with E-state index in [2.05, 4.69) is 19.8 Å². The molecule has 1 aliphatic heterocycles. The second-order valence-electron chi connectivity index (χ2n) is 10.4. The molecule has 1 saturated heterocycles. The van der Waals surface area contributed by atoms with Crippen LogP contribution in [0.5, 0.6) is 5.75 Å². The predicted octanol–water partition coefficient (Wildman–Crippen LogP) is 5.87. The molecule has 8 nitrogen and oxygen atoms in total. The highest BCUT2D eigenvalue weighted by molar-refractivity contribution is 5.77. The molecule has 0 spiro atoms. The summed E-state index contributed by atoms with van der Waals surface area (Å²) in [7, 11) is 0. The van der Waals surface area contributed by atoms with E-state index in [4.69, 9.17) is 13.6 Å². The van der Waals surface area contributed by atoms with E-state index < -0.39 is 17.8 Å². The molecular weight excluding hydrogens is 568 g/mol. The maximum atomic E-state index is 13.6. The van der Waals surface area contributed by atoms with E-state index in [0.29, 0.717) is 52.7 Å². The molecular formula is C31H28F4N4O4. The molecule has 0 aliphatic carbocycles. The second kappa shape index (κ2) is 12.2. The SMILES string of the molecule is OC(COc1ccc2oc(-c3cccc(F)c3)nc2c1)CN1CCN(Cc2coc(-c3ccc(C(F)(F)F)cc3)n2)CC1. The molecule has 2 aromatic heterocycles. The van der Waals surface area contributed by atoms with Crippen LogP contribution in [0.4, 0.5) is 17.6 Å². The molecule has 1 fully saturated rings. The first-order valence-corrected chi connectivity index (χ1v) is 13.7. The van der Waals surface area contributed by atoms with E-state index in [1.165, 1.54) is 30.5 Å². The number of aliphatic hydroxyl groups excluding tert-OH is 1. The molecule has 3 heterocycles. The first kappa shape index (κ1) is 28.8. The fourth-order valence-electron chi connectivity index (χ4n) is 4.96. The summed E-state index contributed by atoms with van der Waals surface area (Å²) in [4.78, 5) is 13.2. The Kier molecular flexibility index (Phi) is 8.15. The number of nitrogens with zero attached hydrogens (tertiary/aromatic N) is 4. The van der Waals surface area contributed by atoms with Crippen molar-refractivity contribution in [3.63, 3.8) is 0 Å². The normalized spacial score (nSPS) is 15.7. The maximum absolute atomic E-state index is 13.6. The fourth-order valence-corrected chi connectivity index (χ4v) is 4.96. The number of β-amino-alcohol motifs (C(OH)–C–C–N with tert-alkyl or cyclic N) is 1. The van der Waals surface area contributed by atoms with Crippen LogP contribution in [0, 0.1) is 5.82 Å². The number of hydrogen-bond donors (Lipinski definition) is 1. The lowest BCUT2D eigenvalue weighted by Gasteiger charge is -2.35. The summed E-state index contributed by atoms with van der Waals surface area (Å²) in [5, 5.41) is 10.6. The van der Waals surface area contributed by atoms with E-state index >= 15 is 0 Å². The number of alkyl halides is 3. The van der Waals surface area contributed by atoms with E-state index in [-0.39, 0.29) is 18.3 Å². The molecule has 0 amide bonds. The quantitative estimate of drug-likeness (QED) is 0.212. The number of oxazole rings is 2. The summed E-state index contributed by atoms with van der Waals surface area (Å²) in [5.41, 5.74) is 2.12. The molecule has 224 valence electrons. The van der Waals surface area contributed by atoms with Crippen LogP contribution in [0.1, 0.15) is 11.3 Å². The van der Waals surface area contributed by atoms with Crippen molar-refractivity contribution in [3.05, 3.63) is 90.1 Å². The standard InChI is InChI=1S/C31H28F4N4O4/c32-23-3-1-2-21(14-23)30-37-27-15-26(8-9-28(27)43-30)41-19-25(40)17-39-12-10-38(11-13-39)16-24-18-42-29(36-24)20-4-6-22(7-5-20)31(33,34)35/h1-9,14-15,18,25,40H,10-13,16-17,19H2. The summed E-state index contributed by atoms with van der Waals surface area (Å²) in [6, 6.07) is 15.9. The van der Waals surface area contributed by atoms with Gasteiger partial charge in [0.05, 0.1) is 11.3 Å². The Morgan fingerprint density at radius 1 is 0.884 bits per heavy atom. The average molecular weight is 597 g/mol. The highest BCUT2D eigenvalue weighted by Crippen LogP contribution is 2.31. The molecule has 1 unspecified atom stereocenters. The number of aromatic nitrogens is 2. The summed E-state index contributed by atoms with van der Waals surface area (Å²) >= 11 is 0. The van der Waals surface area contributed by atoms with Crippen LogP contribution in [0.15, 0.2) is 81.8 Å². The number of ether oxygens (including phenoxy) is 1. The molecule has 0 bridgehead atoms. The molecule has 1 aliphatic rings. The van der Waals surface area contributed by atoms with Crippen LogP contribution in [0.25, 0.3) is 34.0 Å². The molecule has 1 atom stereocenters. The molecule has 6 rings (SSSR count). The zero-order valence-corrected chi connectivity index (χ0v) is 22.9. The largest absolute Gasteiger partial charge is 0.491 e. The fraction of sp³-hybridized carbons (Fsp3) is 0.290. The van der Waals surface area contributed by atoms with Crippen molar-refractivity contribution in [3.8, 4) is 28.7 Å². The van der Waals surface area contributed by atoms with Gasteiger partial charge in [-0.25, -0.2) is 14.4 Å². The summed E-state index contributed by atoms with van der Waals surface area (Å²) in [6.45, 7) is 4.11. The molecule has 3 aromatic carbocycles. The second-order valence-corrected chi connectivity index (χ2v) is 10.4. The Balaban J connectivity index is 0.953. The predicted molar refractivity (Wildman–Crippen MR) is 150 cm³/mol. The summed E-state index contributed by atoms with van der Waals surface area (Å²) in [6.07, 6.45) is -3.57. The van der Waals surface area contributed by atoms with Crippen LogP contribution in [-0.2, 0) is 12.7 Å². The highest BCUT2D eigenvalue weighted by Gasteiger charge is 2.30. The van der Waals surface area contributed by atoms with E-state index in [1.807, 2.05) is 0 Å². The molecule has 1 N–H and O–H groups in total. The topological polar surface area (TPSA) is 88.0 Å². The van der Waals surface area contributed by atoms with Gasteiger partial charge in [0.25, 0.3) is 0 Å². The van der Waals surface area contributed by atoms with Gasteiger partial charge in [0, 0.05) is 56.5 Å². The lowest BCUT2D eigenvalue weighted by Crippen LogP contribution is -2.48. The Bertz CT molecular complexity index is 1680. The van der Waals surface area contributed by atoms with E-state index in [0.717, 1.165) is 38.3 Å². The van der Waals surface area contributed by atoms with Gasteiger partial charge in [-0.3, -0.25) is 9.80 Å². The summed E-state index contributed by atoms with van der Waals surface area (Å²) < 4.78 is 69.1. The van der Waals surface area contributed by atoms with Crippen LogP contribution >= 0.6 is 0 Å². The Labute approximate surface area is 244 Å². The van der Waals surface area contributed by atoms with Crippen LogP contribution < -0.4 is 4.74 Å². The van der Waals surface area contributed by atoms with Crippen molar-refractivity contribution in [1.82, 2.24) is 19.8 Å². The molecule has 12 heteroatoms. The van der Waals surface area contributed by atoms with Gasteiger partial charge >= 0.3 is 6.18 Å². The van der Waals surface area contributed by atoms with Gasteiger partial charge in [-0.15, -0.1) is 0 Å². The monoisotopic (exact) mass is 596 g/mol. The number of hydrogen-bond acceptors (Lipinski definition) is 8. The van der Waals surface area contributed by atoms with Crippen molar-refractivity contribution in [2.24, 2.45) is 0 Å². The van der Waals surface area contributed by atoms with Crippen LogP contribution in [0.3, 0.4) is 0 Å². The van der Waals surface area contributed by atoms with Gasteiger partial charge in [-0.1, -0.05) is 6.07 Å². The molecule has 0 saturated carbocycles. The minimum absolute atomic E-state index is 0.103. The van der Waals surface area contributed by atoms with Gasteiger partial charge in [-0.2, -0.15) is 13.2 Å². The highest BCUT2D eigenvalue weighted by atomic mass is 19.4. The van der Waals surface area contributed by atoms with Gasteiger partial charge in [0.1, 0.15) is 36.1 Å². The first-order valence-electron chi connectivity index (χ1n) is 13.7. The van der Waals surface area contributed by atoms with Crippen LogP contribution in [-0.4, -0.2) is 70.3 Å². The number of benzene rings is 3. The third-order valence-electron chi connectivity index (χ3n) is 7.20. The third-order valence-corrected chi connectivity index (χ3v) is 7.20. The van der Waals surface area contributed by atoms with Crippen molar-refractivity contribution in [2.75, 3.05) is 39.3 Å². The number of piperazine rings is 1. The minimum Gasteiger partial charge on any atom is -0.491 e. The third kappa shape index (κ3) is 7.04. The maximum Gasteiger partial charge on any atom is 0.416 e. The van der Waals surface area contributed by atoms with Gasteiger partial charge in [0.15, 0.2) is 5.58 Å². The number of fused-ring (bicyclic) bond motifs is 1. The number of rotatable bonds is 9. The lowest BCUT2D eigenvalue weighted by atomic mass is 10.1. The molecule has 0 radical (unpaired) electrons. The van der Waals surface area contributed by atoms with Crippen molar-refractivity contribution in [2.45, 2.75) is 18.8 Å². The number of aliphatic hydroxyl groups is 1. The zero-order chi connectivity index (χ0) is 30.0. The van der Waals surface area contributed by atoms with Crippen LogP contribution in [0.2, 0.25) is 0 Å². The number of halogens is 4. The van der Waals surface area contributed by atoms with Gasteiger partial charge < -0.3 is 18.7 Å². The summed E-state index contributed by atoms with van der Waals surface area (Å²) in [5.74, 6) is 0.760. The van der Waals surface area contributed by atoms with E-state index in [1.54, 1.807) is 30.3 Å². The van der Waals surface area contributed by atoms with Crippen molar-refractivity contribution in [1.29, 1.82) is 0 Å². The van der Waals surface area contributed by atoms with Gasteiger partial charge in [-0.05, 0) is 54.6 Å². The minimum atomic E-state index is -4.39. The molecule has 43 heavy (non-hydrogen) atoms. The average Bonchev–Trinajstić information content (AvgIpc) is 3.64. The lowest BCUT2D eigenvalue weighted by molar-refractivity contribution is -0.137. The van der Waals surface area contributed by atoms with Gasteiger partial charge in [0.2, 0.25) is 11.8 Å². The Morgan fingerprint density at radius 2 is 1.65 bits per heavy atom. The van der Waals surface area contributed by atoms with E-state index in [9.17, 15) is 22.7 Å². The zero-order valence-electron chi connectivity index (χ0n) is 22.9. The smallest absolute Gasteiger partial charge is 0.416 e. The van der Waals surface area contributed by atoms with Crippen molar-refractivity contribution < 1.29 is 36.2 Å². The Hall–Kier alpha value is -4.26. The Morgan fingerprint density at radius 3 is 2.40 bits per heavy atom. The first-order chi connectivity index (χ1) is 20.7. The van der Waals surface area contributed by atoms with Crippen molar-refractivity contribution >= 4 is 11.1 Å². The molecule has 5 aromatic rings.